The Balaban J connectivity index is 2.40. The first-order chi connectivity index (χ1) is 15.7. The molecule has 1 aliphatic rings. The lowest BCUT2D eigenvalue weighted by molar-refractivity contribution is -0.116. The van der Waals surface area contributed by atoms with Crippen LogP contribution in [0.25, 0.3) is 0 Å². The number of anilines is 1. The zero-order valence-electron chi connectivity index (χ0n) is 20.9. The second-order valence-corrected chi connectivity index (χ2v) is 9.76. The molecule has 1 aromatic rings. The van der Waals surface area contributed by atoms with Crippen LogP contribution in [0.3, 0.4) is 0 Å². The number of aliphatic hydroxyl groups excluding tert-OH is 2. The lowest BCUT2D eigenvalue weighted by Crippen LogP contribution is -2.36. The Morgan fingerprint density at radius 1 is 1.09 bits per heavy atom. The molecule has 1 heterocycles. The molecule has 7 nitrogen and oxygen atoms in total. The average Bonchev–Trinajstić information content (AvgIpc) is 2.77. The smallest absolute Gasteiger partial charge is 0.253 e. The average molecular weight is 462 g/mol. The van der Waals surface area contributed by atoms with E-state index in [4.69, 9.17) is 5.11 Å². The summed E-state index contributed by atoms with van der Waals surface area (Å²) < 4.78 is 0. The maximum atomic E-state index is 13.0. The minimum Gasteiger partial charge on any atom is -0.394 e. The first kappa shape index (κ1) is 27.3. The quantitative estimate of drug-likeness (QED) is 0.651. The van der Waals surface area contributed by atoms with Crippen molar-refractivity contribution in [3.63, 3.8) is 0 Å². The molecule has 7 heteroatoms. The third-order valence-electron chi connectivity index (χ3n) is 6.31. The zero-order chi connectivity index (χ0) is 24.4. The molecule has 1 unspecified atom stereocenters. The van der Waals surface area contributed by atoms with Gasteiger partial charge in [-0.2, -0.15) is 0 Å². The van der Waals surface area contributed by atoms with Gasteiger partial charge in [0.1, 0.15) is 0 Å². The number of benzene rings is 1. The molecule has 186 valence electrons. The van der Waals surface area contributed by atoms with Crippen LogP contribution >= 0.6 is 0 Å². The summed E-state index contributed by atoms with van der Waals surface area (Å²) in [5, 5.41) is 18.8. The molecule has 1 aliphatic heterocycles. The first-order valence-corrected chi connectivity index (χ1v) is 12.4. The van der Waals surface area contributed by atoms with E-state index in [0.29, 0.717) is 24.6 Å². The zero-order valence-corrected chi connectivity index (χ0v) is 20.9. The van der Waals surface area contributed by atoms with E-state index >= 15 is 0 Å². The normalized spacial score (nSPS) is 17.1. The number of likely N-dealkylation sites (N-methyl/N-ethyl adjacent to an activating group) is 1. The Hall–Kier alpha value is -1.96. The van der Waals surface area contributed by atoms with Crippen LogP contribution in [0.15, 0.2) is 18.2 Å². The van der Waals surface area contributed by atoms with Gasteiger partial charge in [-0.25, -0.2) is 0 Å². The van der Waals surface area contributed by atoms with Crippen molar-refractivity contribution in [1.82, 2.24) is 9.80 Å². The number of nitrogens with zero attached hydrogens (tertiary/aromatic N) is 3. The molecule has 1 aromatic carbocycles. The molecule has 33 heavy (non-hydrogen) atoms. The van der Waals surface area contributed by atoms with Gasteiger partial charge < -0.3 is 20.0 Å². The van der Waals surface area contributed by atoms with Gasteiger partial charge in [0, 0.05) is 44.9 Å². The van der Waals surface area contributed by atoms with Gasteiger partial charge in [0.05, 0.1) is 12.7 Å². The van der Waals surface area contributed by atoms with Crippen molar-refractivity contribution in [3.05, 3.63) is 29.3 Å². The Bertz CT molecular complexity index is 768. The number of carbonyl (C=O) groups is 2. The number of amides is 2. The Kier molecular flexibility index (Phi) is 11.3. The number of hydrogen-bond donors (Lipinski definition) is 2. The summed E-state index contributed by atoms with van der Waals surface area (Å²) in [5.74, 6) is 0.419. The van der Waals surface area contributed by atoms with Crippen molar-refractivity contribution in [1.29, 1.82) is 0 Å². The fourth-order valence-electron chi connectivity index (χ4n) is 4.32. The molecule has 0 saturated heterocycles. The molecule has 2 rings (SSSR count). The van der Waals surface area contributed by atoms with Gasteiger partial charge in [0.2, 0.25) is 5.91 Å². The molecule has 2 amide bonds. The molecule has 1 atom stereocenters. The summed E-state index contributed by atoms with van der Waals surface area (Å²) in [6, 6.07) is 5.57. The molecule has 0 spiro atoms. The second-order valence-electron chi connectivity index (χ2n) is 9.76. The highest BCUT2D eigenvalue weighted by Crippen LogP contribution is 2.27. The minimum absolute atomic E-state index is 0.0179. The summed E-state index contributed by atoms with van der Waals surface area (Å²) >= 11 is 0. The summed E-state index contributed by atoms with van der Waals surface area (Å²) in [6.45, 7) is 9.11. The van der Waals surface area contributed by atoms with Gasteiger partial charge in [0.15, 0.2) is 0 Å². The van der Waals surface area contributed by atoms with E-state index in [0.717, 1.165) is 50.0 Å². The fourth-order valence-corrected chi connectivity index (χ4v) is 4.32. The summed E-state index contributed by atoms with van der Waals surface area (Å²) in [4.78, 5) is 31.3. The maximum Gasteiger partial charge on any atom is 0.253 e. The molecular weight excluding hydrogens is 418 g/mol. The van der Waals surface area contributed by atoms with Crippen LogP contribution in [0.5, 0.6) is 0 Å². The van der Waals surface area contributed by atoms with Crippen LogP contribution in [-0.4, -0.2) is 77.8 Å². The third-order valence-corrected chi connectivity index (χ3v) is 6.31. The van der Waals surface area contributed by atoms with Crippen molar-refractivity contribution >= 4 is 17.5 Å². The highest BCUT2D eigenvalue weighted by atomic mass is 16.3. The van der Waals surface area contributed by atoms with Crippen LogP contribution in [0.1, 0.15) is 75.2 Å². The van der Waals surface area contributed by atoms with Crippen molar-refractivity contribution in [2.24, 2.45) is 5.92 Å². The van der Waals surface area contributed by atoms with E-state index in [9.17, 15) is 14.7 Å². The summed E-state index contributed by atoms with van der Waals surface area (Å²) in [6.07, 6.45) is 5.76. The summed E-state index contributed by atoms with van der Waals surface area (Å²) in [7, 11) is 1.62. The Labute approximate surface area is 199 Å². The van der Waals surface area contributed by atoms with Gasteiger partial charge in [-0.15, -0.1) is 0 Å². The van der Waals surface area contributed by atoms with E-state index < -0.39 is 6.10 Å². The first-order valence-electron chi connectivity index (χ1n) is 12.4. The number of carbonyl (C=O) groups excluding carboxylic acids is 2. The van der Waals surface area contributed by atoms with Gasteiger partial charge in [-0.3, -0.25) is 14.5 Å². The van der Waals surface area contributed by atoms with Crippen LogP contribution in [-0.2, 0) is 11.3 Å². The highest BCUT2D eigenvalue weighted by molar-refractivity contribution is 5.97. The molecule has 0 saturated carbocycles. The number of aliphatic hydroxyl groups is 2. The van der Waals surface area contributed by atoms with E-state index in [1.807, 2.05) is 17.0 Å². The van der Waals surface area contributed by atoms with Crippen LogP contribution < -0.4 is 4.90 Å². The molecular formula is C26H43N3O4. The molecule has 0 aliphatic carbocycles. The molecule has 0 fully saturated rings. The van der Waals surface area contributed by atoms with Crippen LogP contribution in [0.2, 0.25) is 0 Å². The predicted octanol–water partition coefficient (Wildman–Crippen LogP) is 3.28. The SMILES string of the molecule is CC(=O)N1CCCCCCCN(CCC(C)C)Cc2cc(C(=O)N(C)CC(O)CO)ccc21. The van der Waals surface area contributed by atoms with E-state index in [-0.39, 0.29) is 25.0 Å². The number of hydrogen-bond acceptors (Lipinski definition) is 5. The largest absolute Gasteiger partial charge is 0.394 e. The standard InChI is InChI=1S/C26H43N3O4/c1-20(2)12-15-28-13-8-6-5-7-9-14-29(21(3)31)25-11-10-22(16-23(25)17-28)26(33)27(4)18-24(32)19-30/h10-11,16,20,24,30,32H,5-9,12-15,17-19H2,1-4H3. The Morgan fingerprint density at radius 3 is 2.39 bits per heavy atom. The molecule has 0 aromatic heterocycles. The second kappa shape index (κ2) is 13.7. The van der Waals surface area contributed by atoms with Crippen LogP contribution in [0.4, 0.5) is 5.69 Å². The van der Waals surface area contributed by atoms with Crippen LogP contribution in [0, 0.1) is 5.92 Å². The lowest BCUT2D eigenvalue weighted by atomic mass is 10.0. The Morgan fingerprint density at radius 2 is 1.76 bits per heavy atom. The number of fused-ring (bicyclic) bond motifs is 1. The third kappa shape index (κ3) is 8.72. The molecule has 0 bridgehead atoms. The fraction of sp³-hybridized carbons (Fsp3) is 0.692. The van der Waals surface area contributed by atoms with Gasteiger partial charge in [-0.1, -0.05) is 33.1 Å². The highest BCUT2D eigenvalue weighted by Gasteiger charge is 2.22. The number of rotatable bonds is 7. The van der Waals surface area contributed by atoms with Gasteiger partial charge in [-0.05, 0) is 62.0 Å². The van der Waals surface area contributed by atoms with Crippen molar-refractivity contribution in [2.45, 2.75) is 71.9 Å². The van der Waals surface area contributed by atoms with E-state index in [1.165, 1.54) is 17.7 Å². The van der Waals surface area contributed by atoms with E-state index in [2.05, 4.69) is 18.7 Å². The van der Waals surface area contributed by atoms with Crippen molar-refractivity contribution in [2.75, 3.05) is 44.7 Å². The summed E-state index contributed by atoms with van der Waals surface area (Å²) in [5.41, 5.74) is 2.39. The molecule has 0 radical (unpaired) electrons. The minimum atomic E-state index is -0.969. The van der Waals surface area contributed by atoms with Crippen molar-refractivity contribution in [3.8, 4) is 0 Å². The maximum absolute atomic E-state index is 13.0. The van der Waals surface area contributed by atoms with Gasteiger partial charge in [0.25, 0.3) is 5.91 Å². The monoisotopic (exact) mass is 461 g/mol. The lowest BCUT2D eigenvalue weighted by Gasteiger charge is -2.30. The predicted molar refractivity (Wildman–Crippen MR) is 132 cm³/mol. The van der Waals surface area contributed by atoms with E-state index in [1.54, 1.807) is 20.0 Å². The van der Waals surface area contributed by atoms with Gasteiger partial charge >= 0.3 is 0 Å². The van der Waals surface area contributed by atoms with Crippen molar-refractivity contribution < 1.29 is 19.8 Å². The molecule has 2 N–H and O–H groups in total. The topological polar surface area (TPSA) is 84.3 Å².